The van der Waals surface area contributed by atoms with Crippen molar-refractivity contribution in [2.24, 2.45) is 0 Å². The Balaban J connectivity index is 2.02. The molecule has 2 atom stereocenters. The molecule has 6 nitrogen and oxygen atoms in total. The Labute approximate surface area is 130 Å². The van der Waals surface area contributed by atoms with E-state index in [1.807, 2.05) is 18.9 Å². The summed E-state index contributed by atoms with van der Waals surface area (Å²) in [5, 5.41) is 3.89. The summed E-state index contributed by atoms with van der Waals surface area (Å²) < 4.78 is 0. The van der Waals surface area contributed by atoms with Crippen molar-refractivity contribution in [3.8, 4) is 0 Å². The van der Waals surface area contributed by atoms with Gasteiger partial charge in [0.15, 0.2) is 5.13 Å². The highest BCUT2D eigenvalue weighted by molar-refractivity contribution is 7.18. The van der Waals surface area contributed by atoms with E-state index in [2.05, 4.69) is 29.2 Å². The van der Waals surface area contributed by atoms with Crippen molar-refractivity contribution in [2.75, 3.05) is 37.8 Å². The third-order valence-electron chi connectivity index (χ3n) is 4.19. The summed E-state index contributed by atoms with van der Waals surface area (Å²) in [6.07, 6.45) is 1.95. The summed E-state index contributed by atoms with van der Waals surface area (Å²) in [6.45, 7) is 6.07. The average Bonchev–Trinajstić information content (AvgIpc) is 2.84. The zero-order chi connectivity index (χ0) is 15.6. The van der Waals surface area contributed by atoms with E-state index in [4.69, 9.17) is 5.73 Å². The summed E-state index contributed by atoms with van der Waals surface area (Å²) in [7, 11) is 4.06. The Bertz CT molecular complexity index is 504. The predicted octanol–water partition coefficient (Wildman–Crippen LogP) is 1.39. The van der Waals surface area contributed by atoms with Crippen LogP contribution in [0.1, 0.15) is 36.4 Å². The van der Waals surface area contributed by atoms with E-state index in [-0.39, 0.29) is 11.9 Å². The number of likely N-dealkylation sites (tertiary alicyclic amines) is 1. The van der Waals surface area contributed by atoms with Crippen molar-refractivity contribution in [2.45, 2.75) is 38.8 Å². The van der Waals surface area contributed by atoms with Crippen LogP contribution in [0.25, 0.3) is 0 Å². The molecule has 118 valence electrons. The van der Waals surface area contributed by atoms with Crippen molar-refractivity contribution < 1.29 is 4.79 Å². The Morgan fingerprint density at radius 2 is 2.33 bits per heavy atom. The predicted molar refractivity (Wildman–Crippen MR) is 88.1 cm³/mol. The molecule has 1 fully saturated rings. The minimum Gasteiger partial charge on any atom is -0.382 e. The second-order valence-corrected chi connectivity index (χ2v) is 6.73. The van der Waals surface area contributed by atoms with Crippen LogP contribution in [0.15, 0.2) is 0 Å². The molecule has 1 aromatic heterocycles. The van der Waals surface area contributed by atoms with Crippen molar-refractivity contribution in [3.63, 3.8) is 0 Å². The quantitative estimate of drug-likeness (QED) is 0.879. The second-order valence-electron chi connectivity index (χ2n) is 5.75. The van der Waals surface area contributed by atoms with E-state index in [1.54, 1.807) is 0 Å². The van der Waals surface area contributed by atoms with Crippen LogP contribution in [0.3, 0.4) is 0 Å². The van der Waals surface area contributed by atoms with Crippen molar-refractivity contribution in [1.29, 1.82) is 0 Å². The third kappa shape index (κ3) is 3.65. The molecule has 1 aliphatic heterocycles. The molecule has 0 spiro atoms. The van der Waals surface area contributed by atoms with Gasteiger partial charge in [-0.3, -0.25) is 4.79 Å². The molecular weight excluding hydrogens is 286 g/mol. The number of piperidine rings is 1. The molecule has 0 radical (unpaired) electrons. The lowest BCUT2D eigenvalue weighted by molar-refractivity contribution is 0.0901. The highest BCUT2D eigenvalue weighted by atomic mass is 32.1. The van der Waals surface area contributed by atoms with Gasteiger partial charge in [0.05, 0.1) is 0 Å². The van der Waals surface area contributed by atoms with Gasteiger partial charge in [0.2, 0.25) is 0 Å². The van der Waals surface area contributed by atoms with Gasteiger partial charge in [0, 0.05) is 32.2 Å². The molecular formula is C14H25N5OS. The normalized spacial score (nSPS) is 23.0. The van der Waals surface area contributed by atoms with Gasteiger partial charge in [-0.2, -0.15) is 0 Å². The number of aromatic nitrogens is 1. The third-order valence-corrected chi connectivity index (χ3v) is 5.38. The molecule has 0 saturated carbocycles. The van der Waals surface area contributed by atoms with Crippen molar-refractivity contribution in [3.05, 3.63) is 4.88 Å². The van der Waals surface area contributed by atoms with Crippen LogP contribution >= 0.6 is 11.3 Å². The van der Waals surface area contributed by atoms with E-state index in [1.165, 1.54) is 11.3 Å². The van der Waals surface area contributed by atoms with Gasteiger partial charge in [-0.05, 0) is 33.7 Å². The van der Waals surface area contributed by atoms with Crippen LogP contribution in [0.2, 0.25) is 0 Å². The molecule has 21 heavy (non-hydrogen) atoms. The summed E-state index contributed by atoms with van der Waals surface area (Å²) in [5.41, 5.74) is 5.89. The number of rotatable bonds is 4. The average molecular weight is 311 g/mol. The van der Waals surface area contributed by atoms with Gasteiger partial charge in [-0.25, -0.2) is 4.98 Å². The van der Waals surface area contributed by atoms with Gasteiger partial charge >= 0.3 is 0 Å². The summed E-state index contributed by atoms with van der Waals surface area (Å²) >= 11 is 1.36. The van der Waals surface area contributed by atoms with Crippen LogP contribution in [0.4, 0.5) is 10.9 Å². The lowest BCUT2D eigenvalue weighted by Gasteiger charge is -2.35. The number of amides is 1. The lowest BCUT2D eigenvalue weighted by atomic mass is 9.99. The molecule has 2 rings (SSSR count). The zero-order valence-electron chi connectivity index (χ0n) is 13.2. The first kappa shape index (κ1) is 16.0. The molecule has 1 aromatic rings. The highest BCUT2D eigenvalue weighted by Crippen LogP contribution is 2.27. The van der Waals surface area contributed by atoms with Crippen LogP contribution in [0.5, 0.6) is 0 Å². The monoisotopic (exact) mass is 311 g/mol. The Hall–Kier alpha value is -1.34. The Morgan fingerprint density at radius 1 is 1.62 bits per heavy atom. The van der Waals surface area contributed by atoms with E-state index < -0.39 is 0 Å². The lowest BCUT2D eigenvalue weighted by Crippen LogP contribution is -2.47. The van der Waals surface area contributed by atoms with Gasteiger partial charge in [-0.1, -0.05) is 11.3 Å². The molecule has 0 aliphatic carbocycles. The number of thiazole rings is 1. The van der Waals surface area contributed by atoms with Gasteiger partial charge in [0.25, 0.3) is 5.91 Å². The first-order valence-electron chi connectivity index (χ1n) is 7.40. The maximum atomic E-state index is 12.4. The molecule has 7 heteroatoms. The molecule has 0 bridgehead atoms. The molecule has 2 unspecified atom stereocenters. The minimum absolute atomic E-state index is 0.0949. The van der Waals surface area contributed by atoms with Gasteiger partial charge in [-0.15, -0.1) is 0 Å². The fourth-order valence-corrected chi connectivity index (χ4v) is 3.37. The van der Waals surface area contributed by atoms with E-state index in [0.717, 1.165) is 31.1 Å². The first-order valence-corrected chi connectivity index (χ1v) is 8.22. The minimum atomic E-state index is -0.0949. The van der Waals surface area contributed by atoms with Crippen LogP contribution in [-0.4, -0.2) is 55.1 Å². The smallest absolute Gasteiger partial charge is 0.265 e. The maximum Gasteiger partial charge on any atom is 0.265 e. The Kier molecular flexibility index (Phi) is 5.05. The fourth-order valence-electron chi connectivity index (χ4n) is 2.45. The topological polar surface area (TPSA) is 74.5 Å². The fraction of sp³-hybridized carbons (Fsp3) is 0.714. The SMILES string of the molecule is CCN(C)c1nc(N)c(C(=O)NC2CCN(C)C(C)C2)s1. The first-order chi connectivity index (χ1) is 9.92. The van der Waals surface area contributed by atoms with E-state index in [0.29, 0.717) is 16.7 Å². The van der Waals surface area contributed by atoms with Crippen LogP contribution in [0, 0.1) is 0 Å². The number of hydrogen-bond donors (Lipinski definition) is 2. The number of anilines is 2. The zero-order valence-corrected chi connectivity index (χ0v) is 14.0. The number of carbonyl (C=O) groups is 1. The maximum absolute atomic E-state index is 12.4. The number of hydrogen-bond acceptors (Lipinski definition) is 6. The number of nitrogens with one attached hydrogen (secondary N) is 1. The largest absolute Gasteiger partial charge is 0.382 e. The standard InChI is InChI=1S/C14H25N5OS/c1-5-18(3)14-17-12(15)11(21-14)13(20)16-10-6-7-19(4)9(2)8-10/h9-10H,5-8,15H2,1-4H3,(H,16,20). The second kappa shape index (κ2) is 6.62. The molecule has 2 heterocycles. The number of nitrogens with two attached hydrogens (primary N) is 1. The molecule has 1 saturated heterocycles. The molecule has 0 aromatic carbocycles. The highest BCUT2D eigenvalue weighted by Gasteiger charge is 2.26. The van der Waals surface area contributed by atoms with E-state index in [9.17, 15) is 4.79 Å². The van der Waals surface area contributed by atoms with Gasteiger partial charge < -0.3 is 20.9 Å². The Morgan fingerprint density at radius 3 is 2.95 bits per heavy atom. The van der Waals surface area contributed by atoms with Crippen LogP contribution in [-0.2, 0) is 0 Å². The van der Waals surface area contributed by atoms with E-state index >= 15 is 0 Å². The summed E-state index contributed by atoms with van der Waals surface area (Å²) in [5.74, 6) is 0.233. The summed E-state index contributed by atoms with van der Waals surface area (Å²) in [4.78, 5) is 21.5. The van der Waals surface area contributed by atoms with Crippen molar-refractivity contribution >= 4 is 28.2 Å². The number of nitrogens with zero attached hydrogens (tertiary/aromatic N) is 3. The number of nitrogen functional groups attached to an aromatic ring is 1. The number of carbonyl (C=O) groups excluding carboxylic acids is 1. The summed E-state index contributed by atoms with van der Waals surface area (Å²) in [6, 6.07) is 0.710. The molecule has 1 aliphatic rings. The molecule has 1 amide bonds. The molecule has 3 N–H and O–H groups in total. The van der Waals surface area contributed by atoms with Gasteiger partial charge in [0.1, 0.15) is 10.7 Å². The van der Waals surface area contributed by atoms with Crippen LogP contribution < -0.4 is 16.0 Å². The van der Waals surface area contributed by atoms with Crippen molar-refractivity contribution in [1.82, 2.24) is 15.2 Å².